The normalized spacial score (nSPS) is 13.2. The fourth-order valence-electron chi connectivity index (χ4n) is 1.19. The average Bonchev–Trinajstić information content (AvgIpc) is 1.95. The predicted molar refractivity (Wildman–Crippen MR) is 59.8 cm³/mol. The van der Waals surface area contributed by atoms with E-state index < -0.39 is 0 Å². The Labute approximate surface area is 83.0 Å². The van der Waals surface area contributed by atoms with Crippen molar-refractivity contribution in [2.75, 3.05) is 20.6 Å². The number of hydrogen-bond donors (Lipinski definition) is 1. The van der Waals surface area contributed by atoms with Gasteiger partial charge in [-0.2, -0.15) is 0 Å². The molecule has 0 saturated carbocycles. The van der Waals surface area contributed by atoms with Gasteiger partial charge in [-0.15, -0.1) is 0 Å². The van der Waals surface area contributed by atoms with Gasteiger partial charge in [0.15, 0.2) is 0 Å². The van der Waals surface area contributed by atoms with Gasteiger partial charge in [-0.05, 0) is 34.1 Å². The summed E-state index contributed by atoms with van der Waals surface area (Å²) in [5.41, 5.74) is 1.61. The van der Waals surface area contributed by atoms with Crippen LogP contribution in [0.15, 0.2) is 11.8 Å². The Morgan fingerprint density at radius 1 is 1.31 bits per heavy atom. The lowest BCUT2D eigenvalue weighted by atomic mass is 10.1. The summed E-state index contributed by atoms with van der Waals surface area (Å²) < 4.78 is 0. The lowest BCUT2D eigenvalue weighted by molar-refractivity contribution is 0.408. The van der Waals surface area contributed by atoms with Crippen molar-refractivity contribution in [2.24, 2.45) is 0 Å². The molecule has 0 fully saturated rings. The van der Waals surface area contributed by atoms with E-state index in [0.29, 0.717) is 0 Å². The minimum Gasteiger partial charge on any atom is -0.381 e. The second-order valence-corrected chi connectivity index (χ2v) is 4.60. The van der Waals surface area contributed by atoms with Crippen molar-refractivity contribution >= 4 is 0 Å². The molecule has 0 saturated heterocycles. The molecule has 2 nitrogen and oxygen atoms in total. The van der Waals surface area contributed by atoms with Gasteiger partial charge in [-0.25, -0.2) is 0 Å². The van der Waals surface area contributed by atoms with Gasteiger partial charge in [-0.1, -0.05) is 6.08 Å². The Kier molecular flexibility index (Phi) is 5.07. The molecule has 13 heavy (non-hydrogen) atoms. The highest BCUT2D eigenvalue weighted by Crippen LogP contribution is 2.05. The van der Waals surface area contributed by atoms with Crippen LogP contribution < -0.4 is 5.32 Å². The van der Waals surface area contributed by atoms with Crippen molar-refractivity contribution in [1.29, 1.82) is 0 Å². The minimum atomic E-state index is 0.227. The highest BCUT2D eigenvalue weighted by atomic mass is 15.1. The monoisotopic (exact) mass is 184 g/mol. The molecule has 0 amide bonds. The molecule has 0 rings (SSSR count). The van der Waals surface area contributed by atoms with E-state index in [-0.39, 0.29) is 5.54 Å². The molecule has 0 aliphatic heterocycles. The highest BCUT2D eigenvalue weighted by molar-refractivity contribution is 4.98. The van der Waals surface area contributed by atoms with Crippen molar-refractivity contribution in [1.82, 2.24) is 10.2 Å². The Bertz CT molecular complexity index is 163. The number of hydrogen-bond acceptors (Lipinski definition) is 2. The molecule has 0 heterocycles. The molecule has 1 N–H and O–H groups in total. The first-order valence-corrected chi connectivity index (χ1v) is 4.94. The van der Waals surface area contributed by atoms with Gasteiger partial charge < -0.3 is 10.2 Å². The summed E-state index contributed by atoms with van der Waals surface area (Å²) in [5, 5.41) is 3.47. The third-order valence-corrected chi connectivity index (χ3v) is 1.94. The highest BCUT2D eigenvalue weighted by Gasteiger charge is 2.08. The fourth-order valence-corrected chi connectivity index (χ4v) is 1.19. The van der Waals surface area contributed by atoms with E-state index >= 15 is 0 Å². The molecule has 0 aliphatic rings. The van der Waals surface area contributed by atoms with Gasteiger partial charge in [0.2, 0.25) is 0 Å². The van der Waals surface area contributed by atoms with Crippen LogP contribution >= 0.6 is 0 Å². The third kappa shape index (κ3) is 6.64. The van der Waals surface area contributed by atoms with Crippen LogP contribution in [0.4, 0.5) is 0 Å². The zero-order valence-corrected chi connectivity index (χ0v) is 9.94. The molecule has 0 atom stereocenters. The van der Waals surface area contributed by atoms with Gasteiger partial charge in [-0.3, -0.25) is 0 Å². The van der Waals surface area contributed by atoms with Crippen LogP contribution in [0.25, 0.3) is 0 Å². The molecule has 2 heteroatoms. The maximum Gasteiger partial charge on any atom is 0.00969 e. The van der Waals surface area contributed by atoms with Gasteiger partial charge in [0.1, 0.15) is 0 Å². The number of nitrogens with zero attached hydrogens (tertiary/aromatic N) is 1. The van der Waals surface area contributed by atoms with Crippen LogP contribution in [0.3, 0.4) is 0 Å². The van der Waals surface area contributed by atoms with Gasteiger partial charge in [0.05, 0.1) is 0 Å². The number of allylic oxidation sites excluding steroid dienone is 1. The van der Waals surface area contributed by atoms with Crippen LogP contribution in [-0.4, -0.2) is 31.1 Å². The molecule has 0 radical (unpaired) electrons. The Balaban J connectivity index is 3.76. The Morgan fingerprint density at radius 2 is 1.85 bits per heavy atom. The second-order valence-electron chi connectivity index (χ2n) is 4.60. The van der Waals surface area contributed by atoms with Crippen LogP contribution in [0.5, 0.6) is 0 Å². The van der Waals surface area contributed by atoms with Crippen molar-refractivity contribution < 1.29 is 0 Å². The van der Waals surface area contributed by atoms with Crippen molar-refractivity contribution in [3.63, 3.8) is 0 Å². The Morgan fingerprint density at radius 3 is 2.15 bits per heavy atom. The molecule has 0 aliphatic carbocycles. The zero-order valence-electron chi connectivity index (χ0n) is 9.94. The number of nitrogens with one attached hydrogen (secondary N) is 1. The summed E-state index contributed by atoms with van der Waals surface area (Å²) in [6.07, 6.45) is 3.27. The second kappa shape index (κ2) is 5.28. The maximum atomic E-state index is 3.47. The summed E-state index contributed by atoms with van der Waals surface area (Å²) >= 11 is 0. The summed E-state index contributed by atoms with van der Waals surface area (Å²) in [7, 11) is 4.18. The van der Waals surface area contributed by atoms with Crippen molar-refractivity contribution in [3.05, 3.63) is 11.8 Å². The first-order valence-electron chi connectivity index (χ1n) is 4.94. The first kappa shape index (κ1) is 12.5. The lowest BCUT2D eigenvalue weighted by Gasteiger charge is -2.23. The van der Waals surface area contributed by atoms with Crippen molar-refractivity contribution in [3.8, 4) is 0 Å². The zero-order chi connectivity index (χ0) is 10.5. The summed E-state index contributed by atoms with van der Waals surface area (Å²) in [6.45, 7) is 9.71. The molecular weight excluding hydrogens is 160 g/mol. The molecule has 78 valence electrons. The standard InChI is InChI=1S/C11H24N2/c1-7-10(13(5)6)8-9-12-11(2,3)4/h7,12H,8-9H2,1-6H3/b10-7-. The van der Waals surface area contributed by atoms with E-state index in [9.17, 15) is 0 Å². The Hall–Kier alpha value is -0.500. The molecular formula is C11H24N2. The third-order valence-electron chi connectivity index (χ3n) is 1.94. The topological polar surface area (TPSA) is 15.3 Å². The minimum absolute atomic E-state index is 0.227. The van der Waals surface area contributed by atoms with Gasteiger partial charge in [0.25, 0.3) is 0 Å². The van der Waals surface area contributed by atoms with Crippen molar-refractivity contribution in [2.45, 2.75) is 39.7 Å². The van der Waals surface area contributed by atoms with Crippen LogP contribution in [0, 0.1) is 0 Å². The van der Waals surface area contributed by atoms with E-state index in [4.69, 9.17) is 0 Å². The maximum absolute atomic E-state index is 3.47. The van der Waals surface area contributed by atoms with Crippen LogP contribution in [0.1, 0.15) is 34.1 Å². The van der Waals surface area contributed by atoms with E-state index in [1.807, 2.05) is 0 Å². The SMILES string of the molecule is C/C=C(/CCNC(C)(C)C)N(C)C. The first-order chi connectivity index (χ1) is 5.87. The summed E-state index contributed by atoms with van der Waals surface area (Å²) in [4.78, 5) is 2.17. The van der Waals surface area contributed by atoms with Gasteiger partial charge >= 0.3 is 0 Å². The largest absolute Gasteiger partial charge is 0.381 e. The average molecular weight is 184 g/mol. The smallest absolute Gasteiger partial charge is 0.00969 e. The van der Waals surface area contributed by atoms with E-state index in [0.717, 1.165) is 13.0 Å². The van der Waals surface area contributed by atoms with Gasteiger partial charge in [0, 0.05) is 31.9 Å². The van der Waals surface area contributed by atoms with E-state index in [1.54, 1.807) is 0 Å². The summed E-state index contributed by atoms with van der Waals surface area (Å²) in [6, 6.07) is 0. The molecule has 0 aromatic rings. The van der Waals surface area contributed by atoms with E-state index in [1.165, 1.54) is 5.70 Å². The summed E-state index contributed by atoms with van der Waals surface area (Å²) in [5.74, 6) is 0. The van der Waals surface area contributed by atoms with E-state index in [2.05, 4.69) is 58.1 Å². The molecule has 0 aromatic carbocycles. The number of rotatable bonds is 4. The molecule has 0 unspecified atom stereocenters. The van der Waals surface area contributed by atoms with Crippen LogP contribution in [-0.2, 0) is 0 Å². The molecule has 0 spiro atoms. The van der Waals surface area contributed by atoms with Crippen LogP contribution in [0.2, 0.25) is 0 Å². The lowest BCUT2D eigenvalue weighted by Crippen LogP contribution is -2.37. The quantitative estimate of drug-likeness (QED) is 0.721. The molecule has 0 aromatic heterocycles. The predicted octanol–water partition coefficient (Wildman–Crippen LogP) is 2.23. The fraction of sp³-hybridized carbons (Fsp3) is 0.818. The molecule has 0 bridgehead atoms.